The van der Waals surface area contributed by atoms with Crippen LogP contribution in [0.2, 0.25) is 0 Å². The Morgan fingerprint density at radius 1 is 0.846 bits per heavy atom. The number of esters is 1. The first-order valence-corrected chi connectivity index (χ1v) is 10.3. The maximum Gasteiger partial charge on any atom is 0.329 e. The second-order valence-electron chi connectivity index (χ2n) is 5.46. The van der Waals surface area contributed by atoms with Gasteiger partial charge in [-0.2, -0.15) is 0 Å². The van der Waals surface area contributed by atoms with E-state index >= 15 is 0 Å². The van der Waals surface area contributed by atoms with Gasteiger partial charge in [0.2, 0.25) is 0 Å². The van der Waals surface area contributed by atoms with Crippen LogP contribution in [0.1, 0.15) is 0 Å². The lowest BCUT2D eigenvalue weighted by Gasteiger charge is -2.09. The van der Waals surface area contributed by atoms with E-state index < -0.39 is 4.83 Å². The molecule has 2 nitrogen and oxygen atoms in total. The highest BCUT2D eigenvalue weighted by molar-refractivity contribution is 9.10. The fraction of sp³-hybridized carbons (Fsp3) is 0.0455. The summed E-state index contributed by atoms with van der Waals surface area (Å²) in [5.74, 6) is 0.146. The van der Waals surface area contributed by atoms with E-state index in [9.17, 15) is 4.79 Å². The van der Waals surface area contributed by atoms with E-state index in [0.717, 1.165) is 0 Å². The molecule has 0 radical (unpaired) electrons. The molecule has 0 aliphatic rings. The molecule has 3 aromatic carbocycles. The summed E-state index contributed by atoms with van der Waals surface area (Å²) in [6.45, 7) is 3.58. The van der Waals surface area contributed by atoms with Crippen molar-refractivity contribution in [2.45, 2.75) is 19.5 Å². The molecule has 0 fully saturated rings. The maximum atomic E-state index is 11.9. The van der Waals surface area contributed by atoms with Crippen LogP contribution in [0.5, 0.6) is 5.75 Å². The third-order valence-electron chi connectivity index (χ3n) is 3.67. The van der Waals surface area contributed by atoms with Gasteiger partial charge in [0.25, 0.3) is 0 Å². The molecule has 0 spiro atoms. The molecule has 3 rings (SSSR count). The predicted octanol–water partition coefficient (Wildman–Crippen LogP) is 5.64. The van der Waals surface area contributed by atoms with E-state index in [1.54, 1.807) is 0 Å². The second kappa shape index (κ2) is 8.88. The van der Waals surface area contributed by atoms with Crippen molar-refractivity contribution in [2.24, 2.45) is 0 Å². The first-order valence-electron chi connectivity index (χ1n) is 8.12. The fourth-order valence-corrected chi connectivity index (χ4v) is 4.61. The van der Waals surface area contributed by atoms with Gasteiger partial charge in [-0.3, -0.25) is 4.79 Å². The van der Waals surface area contributed by atoms with Crippen LogP contribution in [-0.4, -0.2) is 10.8 Å². The lowest BCUT2D eigenvalue weighted by atomic mass is 10.3. The molecule has 3 aromatic rings. The molecular formula is C22H18BrO2S+. The van der Waals surface area contributed by atoms with Gasteiger partial charge in [0.05, 0.1) is 10.9 Å². The average molecular weight is 426 g/mol. The molecule has 0 saturated carbocycles. The van der Waals surface area contributed by atoms with Crippen LogP contribution in [0, 0.1) is 0 Å². The van der Waals surface area contributed by atoms with Crippen molar-refractivity contribution < 1.29 is 9.53 Å². The maximum absolute atomic E-state index is 11.9. The smallest absolute Gasteiger partial charge is 0.329 e. The number of ether oxygens (including phenoxy) is 1. The molecule has 1 unspecified atom stereocenters. The summed E-state index contributed by atoms with van der Waals surface area (Å²) in [6.07, 6.45) is 1.50. The van der Waals surface area contributed by atoms with Crippen LogP contribution in [0.25, 0.3) is 0 Å². The summed E-state index contributed by atoms with van der Waals surface area (Å²) >= 11 is 3.21. The van der Waals surface area contributed by atoms with Crippen molar-refractivity contribution in [3.05, 3.63) is 97.6 Å². The van der Waals surface area contributed by atoms with Crippen molar-refractivity contribution in [3.63, 3.8) is 0 Å². The zero-order valence-corrected chi connectivity index (χ0v) is 16.4. The minimum Gasteiger partial charge on any atom is -0.425 e. The monoisotopic (exact) mass is 425 g/mol. The highest BCUT2D eigenvalue weighted by Gasteiger charge is 2.28. The van der Waals surface area contributed by atoms with E-state index in [4.69, 9.17) is 4.74 Å². The minimum absolute atomic E-state index is 0.212. The highest BCUT2D eigenvalue weighted by Crippen LogP contribution is 2.31. The van der Waals surface area contributed by atoms with Crippen molar-refractivity contribution >= 4 is 32.8 Å². The van der Waals surface area contributed by atoms with E-state index in [-0.39, 0.29) is 16.9 Å². The van der Waals surface area contributed by atoms with Gasteiger partial charge < -0.3 is 4.74 Å². The van der Waals surface area contributed by atoms with Crippen LogP contribution in [0.15, 0.2) is 112 Å². The molecule has 130 valence electrons. The molecule has 0 saturated heterocycles. The molecule has 1 atom stereocenters. The lowest BCUT2D eigenvalue weighted by molar-refractivity contribution is -0.132. The summed E-state index contributed by atoms with van der Waals surface area (Å²) in [6, 6.07) is 28.5. The third-order valence-corrected chi connectivity index (χ3v) is 6.65. The van der Waals surface area contributed by atoms with Crippen LogP contribution >= 0.6 is 15.9 Å². The summed E-state index contributed by atoms with van der Waals surface area (Å²) < 4.78 is 5.36. The number of alkyl halides is 1. The van der Waals surface area contributed by atoms with Gasteiger partial charge in [-0.1, -0.05) is 58.4 Å². The summed E-state index contributed by atoms with van der Waals surface area (Å²) in [7, 11) is -0.212. The molecule has 0 N–H and O–H groups in total. The van der Waals surface area contributed by atoms with Crippen LogP contribution in [0.4, 0.5) is 0 Å². The highest BCUT2D eigenvalue weighted by atomic mass is 79.9. The van der Waals surface area contributed by atoms with Crippen LogP contribution in [0.3, 0.4) is 0 Å². The number of hydrogen-bond donors (Lipinski definition) is 0. The Labute approximate surface area is 165 Å². The Morgan fingerprint density at radius 3 is 1.77 bits per heavy atom. The Hall–Kier alpha value is -2.30. The van der Waals surface area contributed by atoms with E-state index in [2.05, 4.69) is 71.0 Å². The van der Waals surface area contributed by atoms with Crippen molar-refractivity contribution in [1.82, 2.24) is 0 Å². The molecule has 0 amide bonds. The lowest BCUT2D eigenvalue weighted by Crippen LogP contribution is -2.18. The largest absolute Gasteiger partial charge is 0.425 e. The van der Waals surface area contributed by atoms with Crippen molar-refractivity contribution in [2.75, 3.05) is 0 Å². The molecular weight excluding hydrogens is 408 g/mol. The molecule has 0 aliphatic carbocycles. The Balaban J connectivity index is 1.91. The number of carbonyl (C=O) groups excluding carboxylic acids is 1. The van der Waals surface area contributed by atoms with Gasteiger partial charge in [-0.25, -0.2) is 0 Å². The first kappa shape index (κ1) is 18.5. The average Bonchev–Trinajstić information content (AvgIpc) is 2.70. The predicted molar refractivity (Wildman–Crippen MR) is 110 cm³/mol. The van der Waals surface area contributed by atoms with E-state index in [1.165, 1.54) is 20.8 Å². The quantitative estimate of drug-likeness (QED) is 0.168. The van der Waals surface area contributed by atoms with Gasteiger partial charge in [0.15, 0.2) is 14.7 Å². The molecule has 26 heavy (non-hydrogen) atoms. The van der Waals surface area contributed by atoms with Gasteiger partial charge >= 0.3 is 5.97 Å². The summed E-state index contributed by atoms with van der Waals surface area (Å²) in [5.41, 5.74) is 0. The molecule has 4 heteroatoms. The standard InChI is InChI=1S/C22H18BrO2S/c1-2-21(23)22(24)25-17-13-15-20(16-14-17)26(18-9-5-3-6-10-18)19-11-7-4-8-12-19/h2-16,21H,1H2/q+1. The summed E-state index contributed by atoms with van der Waals surface area (Å²) in [5, 5.41) is 0. The first-order chi connectivity index (χ1) is 12.7. The van der Waals surface area contributed by atoms with Crippen molar-refractivity contribution in [1.29, 1.82) is 0 Å². The van der Waals surface area contributed by atoms with Gasteiger partial charge in [-0.15, -0.1) is 6.58 Å². The van der Waals surface area contributed by atoms with Gasteiger partial charge in [0.1, 0.15) is 10.6 Å². The number of rotatable bonds is 6. The van der Waals surface area contributed by atoms with Gasteiger partial charge in [0, 0.05) is 0 Å². The number of halogens is 1. The molecule has 0 bridgehead atoms. The normalized spacial score (nSPS) is 11.8. The fourth-order valence-electron chi connectivity index (χ4n) is 2.43. The molecule has 0 aromatic heterocycles. The van der Waals surface area contributed by atoms with E-state index in [1.807, 2.05) is 36.4 Å². The zero-order valence-electron chi connectivity index (χ0n) is 14.0. The third kappa shape index (κ3) is 4.45. The number of hydrogen-bond acceptors (Lipinski definition) is 2. The molecule has 0 aliphatic heterocycles. The topological polar surface area (TPSA) is 26.3 Å². The second-order valence-corrected chi connectivity index (χ2v) is 8.48. The summed E-state index contributed by atoms with van der Waals surface area (Å²) in [4.78, 5) is 15.0. The SMILES string of the molecule is C=CC(Br)C(=O)Oc1ccc([S+](c2ccccc2)c2ccccc2)cc1. The van der Waals surface area contributed by atoms with Crippen molar-refractivity contribution in [3.8, 4) is 5.75 Å². The minimum atomic E-state index is -0.509. The Bertz CT molecular complexity index is 824. The number of benzene rings is 3. The Kier molecular flexibility index (Phi) is 6.31. The Morgan fingerprint density at radius 2 is 1.31 bits per heavy atom. The van der Waals surface area contributed by atoms with Crippen LogP contribution < -0.4 is 4.74 Å². The van der Waals surface area contributed by atoms with Crippen LogP contribution in [-0.2, 0) is 15.7 Å². The zero-order chi connectivity index (χ0) is 18.4. The van der Waals surface area contributed by atoms with Gasteiger partial charge in [-0.05, 0) is 48.5 Å². The molecule has 0 heterocycles. The number of carbonyl (C=O) groups is 1. The van der Waals surface area contributed by atoms with E-state index in [0.29, 0.717) is 5.75 Å².